The number of halogens is 4. The zero-order valence-electron chi connectivity index (χ0n) is 17.0. The van der Waals surface area contributed by atoms with Gasteiger partial charge in [0, 0.05) is 32.9 Å². The van der Waals surface area contributed by atoms with E-state index in [2.05, 4.69) is 25.6 Å². The van der Waals surface area contributed by atoms with Crippen molar-refractivity contribution in [2.75, 3.05) is 39.1 Å². The third-order valence-corrected chi connectivity index (χ3v) is 3.88. The van der Waals surface area contributed by atoms with E-state index >= 15 is 0 Å². The number of rotatable bonds is 8. The molecule has 0 aliphatic rings. The van der Waals surface area contributed by atoms with Crippen LogP contribution in [-0.4, -0.2) is 54.6 Å². The second-order valence-corrected chi connectivity index (χ2v) is 6.13. The lowest BCUT2D eigenvalue weighted by Gasteiger charge is -2.22. The number of hydrogen-bond acceptors (Lipinski definition) is 5. The second-order valence-electron chi connectivity index (χ2n) is 6.13. The fraction of sp³-hybridized carbons (Fsp3) is 0.421. The van der Waals surface area contributed by atoms with Crippen LogP contribution in [-0.2, 0) is 12.7 Å². The van der Waals surface area contributed by atoms with Crippen LogP contribution in [0.1, 0.15) is 18.2 Å². The molecule has 0 aliphatic carbocycles. The van der Waals surface area contributed by atoms with Gasteiger partial charge in [0.25, 0.3) is 0 Å². The van der Waals surface area contributed by atoms with Gasteiger partial charge in [0.2, 0.25) is 5.95 Å². The summed E-state index contributed by atoms with van der Waals surface area (Å²) in [6.45, 7) is 3.93. The fourth-order valence-corrected chi connectivity index (χ4v) is 2.48. The molecule has 0 saturated heterocycles. The number of benzene rings is 1. The number of hydrogen-bond donors (Lipinski definition) is 2. The zero-order chi connectivity index (χ0) is 21.3. The number of guanidine groups is 1. The first-order valence-corrected chi connectivity index (χ1v) is 9.10. The Morgan fingerprint density at radius 1 is 1.20 bits per heavy atom. The molecule has 1 aromatic heterocycles. The van der Waals surface area contributed by atoms with Crippen molar-refractivity contribution in [1.29, 1.82) is 0 Å². The van der Waals surface area contributed by atoms with E-state index in [0.29, 0.717) is 32.1 Å². The lowest BCUT2D eigenvalue weighted by Crippen LogP contribution is -2.38. The van der Waals surface area contributed by atoms with Crippen LogP contribution < -0.4 is 15.4 Å². The predicted molar refractivity (Wildman–Crippen MR) is 121 cm³/mol. The lowest BCUT2D eigenvalue weighted by molar-refractivity contribution is -0.141. The van der Waals surface area contributed by atoms with Crippen LogP contribution in [0.5, 0.6) is 5.75 Å². The topological polar surface area (TPSA) is 74.7 Å². The number of nitrogens with zero attached hydrogens (tertiary/aromatic N) is 4. The van der Waals surface area contributed by atoms with Crippen molar-refractivity contribution in [2.24, 2.45) is 4.99 Å². The van der Waals surface area contributed by atoms with Crippen molar-refractivity contribution in [2.45, 2.75) is 19.6 Å². The molecular weight excluding hydrogens is 512 g/mol. The summed E-state index contributed by atoms with van der Waals surface area (Å²) in [7, 11) is 3.53. The van der Waals surface area contributed by atoms with Gasteiger partial charge in [0.1, 0.15) is 11.4 Å². The molecular formula is C19H26F3IN6O. The Morgan fingerprint density at radius 3 is 2.50 bits per heavy atom. The van der Waals surface area contributed by atoms with Gasteiger partial charge < -0.3 is 20.3 Å². The van der Waals surface area contributed by atoms with Gasteiger partial charge in [-0.1, -0.05) is 12.1 Å². The van der Waals surface area contributed by atoms with Crippen molar-refractivity contribution in [3.63, 3.8) is 0 Å². The summed E-state index contributed by atoms with van der Waals surface area (Å²) >= 11 is 0. The molecule has 11 heteroatoms. The number of ether oxygens (including phenoxy) is 1. The third kappa shape index (κ3) is 8.20. The molecule has 0 atom stereocenters. The monoisotopic (exact) mass is 538 g/mol. The highest BCUT2D eigenvalue weighted by Crippen LogP contribution is 2.27. The normalized spacial score (nSPS) is 11.5. The van der Waals surface area contributed by atoms with Crippen molar-refractivity contribution in [3.8, 4) is 5.75 Å². The van der Waals surface area contributed by atoms with E-state index in [4.69, 9.17) is 4.74 Å². The van der Waals surface area contributed by atoms with Crippen LogP contribution in [0.3, 0.4) is 0 Å². The van der Waals surface area contributed by atoms with Crippen molar-refractivity contribution in [3.05, 3.63) is 47.8 Å². The SMILES string of the molecule is CCNC(=NCCNc1nccc(C(F)(F)F)n1)N(C)Cc1ccc(OC)cc1.I. The Kier molecular flexibility index (Phi) is 10.6. The maximum atomic E-state index is 12.7. The van der Waals surface area contributed by atoms with Crippen LogP contribution in [0.15, 0.2) is 41.5 Å². The Bertz CT molecular complexity index is 802. The number of anilines is 1. The number of methoxy groups -OCH3 is 1. The lowest BCUT2D eigenvalue weighted by atomic mass is 10.2. The highest BCUT2D eigenvalue weighted by atomic mass is 127. The summed E-state index contributed by atoms with van der Waals surface area (Å²) in [4.78, 5) is 13.7. The first kappa shape index (κ1) is 25.7. The van der Waals surface area contributed by atoms with Crippen molar-refractivity contribution in [1.82, 2.24) is 20.2 Å². The van der Waals surface area contributed by atoms with Gasteiger partial charge in [0.15, 0.2) is 5.96 Å². The highest BCUT2D eigenvalue weighted by Gasteiger charge is 2.32. The molecule has 2 rings (SSSR count). The molecule has 0 fully saturated rings. The highest BCUT2D eigenvalue weighted by molar-refractivity contribution is 14.0. The molecule has 0 bridgehead atoms. The number of aliphatic imine (C=N–C) groups is 1. The molecule has 0 saturated carbocycles. The standard InChI is InChI=1S/C19H25F3N6O.HI/c1-4-23-18(28(2)13-14-5-7-15(29-3)8-6-14)26-12-11-25-17-24-10-9-16(27-17)19(20,21)22;/h5-10H,4,11-13H2,1-3H3,(H,23,26)(H,24,25,27);1H. The van der Waals surface area contributed by atoms with Crippen LogP contribution in [0, 0.1) is 0 Å². The molecule has 2 aromatic rings. The average Bonchev–Trinajstić information content (AvgIpc) is 2.70. The van der Waals surface area contributed by atoms with E-state index in [-0.39, 0.29) is 29.9 Å². The largest absolute Gasteiger partial charge is 0.497 e. The van der Waals surface area contributed by atoms with Crippen LogP contribution in [0.25, 0.3) is 0 Å². The van der Waals surface area contributed by atoms with Crippen LogP contribution >= 0.6 is 24.0 Å². The summed E-state index contributed by atoms with van der Waals surface area (Å²) in [5.41, 5.74) is 0.112. The van der Waals surface area contributed by atoms with Gasteiger partial charge >= 0.3 is 6.18 Å². The summed E-state index contributed by atoms with van der Waals surface area (Å²) < 4.78 is 43.2. The van der Waals surface area contributed by atoms with Gasteiger partial charge in [-0.15, -0.1) is 24.0 Å². The molecule has 0 unspecified atom stereocenters. The first-order valence-electron chi connectivity index (χ1n) is 9.10. The molecule has 0 aliphatic heterocycles. The molecule has 1 aromatic carbocycles. The van der Waals surface area contributed by atoms with Gasteiger partial charge in [-0.05, 0) is 30.7 Å². The Hall–Kier alpha value is -2.31. The Morgan fingerprint density at radius 2 is 1.90 bits per heavy atom. The van der Waals surface area contributed by atoms with Gasteiger partial charge in [-0.2, -0.15) is 13.2 Å². The van der Waals surface area contributed by atoms with Crippen molar-refractivity contribution >= 4 is 35.9 Å². The van der Waals surface area contributed by atoms with E-state index in [9.17, 15) is 13.2 Å². The number of aromatic nitrogens is 2. The molecule has 1 heterocycles. The first-order chi connectivity index (χ1) is 13.8. The number of alkyl halides is 3. The average molecular weight is 538 g/mol. The molecule has 166 valence electrons. The molecule has 30 heavy (non-hydrogen) atoms. The predicted octanol–water partition coefficient (Wildman–Crippen LogP) is 3.63. The van der Waals surface area contributed by atoms with E-state index in [1.165, 1.54) is 0 Å². The molecule has 7 nitrogen and oxygen atoms in total. The van der Waals surface area contributed by atoms with Crippen LogP contribution in [0.2, 0.25) is 0 Å². The second kappa shape index (κ2) is 12.4. The summed E-state index contributed by atoms with van der Waals surface area (Å²) in [5, 5.41) is 5.96. The molecule has 0 amide bonds. The zero-order valence-corrected chi connectivity index (χ0v) is 19.4. The van der Waals surface area contributed by atoms with E-state index in [1.54, 1.807) is 7.11 Å². The Labute approximate surface area is 191 Å². The fourth-order valence-electron chi connectivity index (χ4n) is 2.48. The minimum absolute atomic E-state index is 0. The minimum Gasteiger partial charge on any atom is -0.497 e. The van der Waals surface area contributed by atoms with Crippen molar-refractivity contribution < 1.29 is 17.9 Å². The van der Waals surface area contributed by atoms with E-state index < -0.39 is 11.9 Å². The smallest absolute Gasteiger partial charge is 0.433 e. The van der Waals surface area contributed by atoms with Crippen LogP contribution in [0.4, 0.5) is 19.1 Å². The third-order valence-electron chi connectivity index (χ3n) is 3.88. The summed E-state index contributed by atoms with van der Waals surface area (Å²) in [5.74, 6) is 1.40. The number of nitrogens with one attached hydrogen (secondary N) is 2. The van der Waals surface area contributed by atoms with Gasteiger partial charge in [0.05, 0.1) is 13.7 Å². The van der Waals surface area contributed by atoms with Gasteiger partial charge in [-0.3, -0.25) is 4.99 Å². The van der Waals surface area contributed by atoms with E-state index in [0.717, 1.165) is 23.6 Å². The molecule has 2 N–H and O–H groups in total. The molecule has 0 radical (unpaired) electrons. The summed E-state index contributed by atoms with van der Waals surface area (Å²) in [6, 6.07) is 8.58. The quantitative estimate of drug-likeness (QED) is 0.232. The summed E-state index contributed by atoms with van der Waals surface area (Å²) in [6.07, 6.45) is -3.42. The maximum absolute atomic E-state index is 12.7. The maximum Gasteiger partial charge on any atom is 0.433 e. The van der Waals surface area contributed by atoms with E-state index in [1.807, 2.05) is 43.1 Å². The minimum atomic E-state index is -4.50. The van der Waals surface area contributed by atoms with Gasteiger partial charge in [-0.25, -0.2) is 9.97 Å². The molecule has 0 spiro atoms. The Balaban J connectivity index is 0.00000450.